The smallest absolute Gasteiger partial charge is 0.151 e. The molecule has 0 fully saturated rings. The van der Waals surface area contributed by atoms with Gasteiger partial charge in [-0.2, -0.15) is 0 Å². The van der Waals surface area contributed by atoms with Crippen LogP contribution in [0.3, 0.4) is 0 Å². The first-order valence-electron chi connectivity index (χ1n) is 7.45. The fraction of sp³-hybridized carbons (Fsp3) is 0. The number of amidine groups is 1. The van der Waals surface area contributed by atoms with Crippen LogP contribution in [0.5, 0.6) is 0 Å². The lowest BCUT2D eigenvalue weighted by molar-refractivity contribution is 0.587. The first-order chi connectivity index (χ1) is 12.5. The second kappa shape index (κ2) is 7.58. The van der Waals surface area contributed by atoms with Crippen molar-refractivity contribution in [2.75, 3.05) is 5.32 Å². The highest BCUT2D eigenvalue weighted by Crippen LogP contribution is 2.25. The van der Waals surface area contributed by atoms with Crippen molar-refractivity contribution in [3.8, 4) is 0 Å². The van der Waals surface area contributed by atoms with Crippen LogP contribution in [-0.4, -0.2) is 5.84 Å². The maximum atomic E-state index is 14.0. The highest BCUT2D eigenvalue weighted by Gasteiger charge is 2.15. The molecule has 0 saturated heterocycles. The fourth-order valence-electron chi connectivity index (χ4n) is 2.22. The van der Waals surface area contributed by atoms with E-state index in [-0.39, 0.29) is 5.84 Å². The molecule has 132 valence electrons. The van der Waals surface area contributed by atoms with Crippen LogP contribution in [0.1, 0.15) is 5.56 Å². The molecule has 26 heavy (non-hydrogen) atoms. The molecule has 0 spiro atoms. The summed E-state index contributed by atoms with van der Waals surface area (Å²) in [7, 11) is 0. The molecule has 0 aromatic heterocycles. The zero-order chi connectivity index (χ0) is 18.7. The van der Waals surface area contributed by atoms with E-state index < -0.39 is 34.6 Å². The number of hydrogen-bond donors (Lipinski definition) is 1. The van der Waals surface area contributed by atoms with E-state index >= 15 is 0 Å². The Hall–Kier alpha value is -2.86. The van der Waals surface area contributed by atoms with Gasteiger partial charge in [0.05, 0.1) is 0 Å². The van der Waals surface area contributed by atoms with E-state index in [1.807, 2.05) is 0 Å². The molecule has 0 aliphatic heterocycles. The Morgan fingerprint density at radius 1 is 0.731 bits per heavy atom. The monoisotopic (exact) mass is 378 g/mol. The van der Waals surface area contributed by atoms with Crippen molar-refractivity contribution in [1.29, 1.82) is 0 Å². The van der Waals surface area contributed by atoms with Crippen LogP contribution < -0.4 is 5.32 Å². The van der Waals surface area contributed by atoms with Gasteiger partial charge >= 0.3 is 0 Å². The summed E-state index contributed by atoms with van der Waals surface area (Å²) in [5.41, 5.74) is -0.737. The van der Waals surface area contributed by atoms with E-state index in [9.17, 15) is 17.6 Å². The standard InChI is InChI=1S/C19H11ClF4N2/c20-12-9-7-11(8-10-12)19(25-17-13(21)3-1-4-14(17)22)26-18-15(23)5-2-6-16(18)24/h1-10H,(H,25,26). The minimum absolute atomic E-state index is 0.144. The van der Waals surface area contributed by atoms with Crippen molar-refractivity contribution in [3.63, 3.8) is 0 Å². The van der Waals surface area contributed by atoms with E-state index in [1.54, 1.807) is 0 Å². The molecule has 0 unspecified atom stereocenters. The summed E-state index contributed by atoms with van der Waals surface area (Å²) in [6.45, 7) is 0. The van der Waals surface area contributed by atoms with Crippen LogP contribution in [0.25, 0.3) is 0 Å². The van der Waals surface area contributed by atoms with E-state index in [4.69, 9.17) is 11.6 Å². The SMILES string of the molecule is Fc1cccc(F)c1N=C(Nc1c(F)cccc1F)c1ccc(Cl)cc1. The number of nitrogens with zero attached hydrogens (tertiary/aromatic N) is 1. The first kappa shape index (κ1) is 17.9. The van der Waals surface area contributed by atoms with Gasteiger partial charge in [0.1, 0.15) is 28.8 Å². The van der Waals surface area contributed by atoms with Crippen molar-refractivity contribution in [2.24, 2.45) is 4.99 Å². The van der Waals surface area contributed by atoms with Crippen molar-refractivity contribution >= 4 is 28.8 Å². The summed E-state index contributed by atoms with van der Waals surface area (Å²) in [5.74, 6) is -3.71. The Morgan fingerprint density at radius 3 is 1.77 bits per heavy atom. The summed E-state index contributed by atoms with van der Waals surface area (Å²) in [6.07, 6.45) is 0. The van der Waals surface area contributed by atoms with E-state index in [0.717, 1.165) is 24.3 Å². The summed E-state index contributed by atoms with van der Waals surface area (Å²) >= 11 is 5.84. The minimum Gasteiger partial charge on any atom is -0.335 e. The molecule has 3 rings (SSSR count). The van der Waals surface area contributed by atoms with Crippen molar-refractivity contribution in [2.45, 2.75) is 0 Å². The minimum atomic E-state index is -0.910. The molecule has 0 atom stereocenters. The highest BCUT2D eigenvalue weighted by atomic mass is 35.5. The van der Waals surface area contributed by atoms with Gasteiger partial charge in [0.15, 0.2) is 11.6 Å². The quantitative estimate of drug-likeness (QED) is 0.333. The van der Waals surface area contributed by atoms with Crippen molar-refractivity contribution in [3.05, 3.63) is 94.5 Å². The Balaban J connectivity index is 2.14. The third kappa shape index (κ3) is 3.86. The average Bonchev–Trinajstić information content (AvgIpc) is 2.60. The molecule has 0 bridgehead atoms. The van der Waals surface area contributed by atoms with E-state index in [1.165, 1.54) is 36.4 Å². The van der Waals surface area contributed by atoms with Gasteiger partial charge in [-0.15, -0.1) is 0 Å². The van der Waals surface area contributed by atoms with E-state index in [0.29, 0.717) is 10.6 Å². The number of nitrogens with one attached hydrogen (secondary N) is 1. The number of rotatable bonds is 3. The van der Waals surface area contributed by atoms with Gasteiger partial charge in [0.25, 0.3) is 0 Å². The lowest BCUT2D eigenvalue weighted by Crippen LogP contribution is -2.16. The molecule has 3 aromatic carbocycles. The first-order valence-corrected chi connectivity index (χ1v) is 7.83. The second-order valence-corrected chi connectivity index (χ2v) is 5.70. The van der Waals surface area contributed by atoms with Crippen LogP contribution in [0.4, 0.5) is 28.9 Å². The summed E-state index contributed by atoms with van der Waals surface area (Å²) < 4.78 is 55.8. The molecule has 7 heteroatoms. The molecule has 3 aromatic rings. The normalized spacial score (nSPS) is 11.5. The molecule has 0 aliphatic rings. The topological polar surface area (TPSA) is 24.4 Å². The fourth-order valence-corrected chi connectivity index (χ4v) is 2.34. The van der Waals surface area contributed by atoms with Crippen LogP contribution in [-0.2, 0) is 0 Å². The lowest BCUT2D eigenvalue weighted by Gasteiger charge is -2.13. The van der Waals surface area contributed by atoms with Gasteiger partial charge in [0, 0.05) is 10.6 Å². The number of anilines is 1. The maximum Gasteiger partial charge on any atom is 0.151 e. The number of halogens is 5. The zero-order valence-electron chi connectivity index (χ0n) is 13.1. The molecular weight excluding hydrogens is 368 g/mol. The van der Waals surface area contributed by atoms with Crippen LogP contribution in [0.2, 0.25) is 5.02 Å². The molecule has 1 N–H and O–H groups in total. The lowest BCUT2D eigenvalue weighted by atomic mass is 10.2. The largest absolute Gasteiger partial charge is 0.335 e. The second-order valence-electron chi connectivity index (χ2n) is 5.26. The molecule has 2 nitrogen and oxygen atoms in total. The Morgan fingerprint density at radius 2 is 1.23 bits per heavy atom. The number of hydrogen-bond acceptors (Lipinski definition) is 1. The summed E-state index contributed by atoms with van der Waals surface area (Å²) in [6, 6.07) is 12.6. The van der Waals surface area contributed by atoms with Crippen LogP contribution in [0.15, 0.2) is 65.7 Å². The van der Waals surface area contributed by atoms with Gasteiger partial charge in [-0.25, -0.2) is 22.6 Å². The van der Waals surface area contributed by atoms with Crippen LogP contribution in [0, 0.1) is 23.3 Å². The molecule has 0 amide bonds. The van der Waals surface area contributed by atoms with Gasteiger partial charge < -0.3 is 5.32 Å². The average molecular weight is 379 g/mol. The molecular formula is C19H11ClF4N2. The molecule has 0 heterocycles. The molecule has 0 radical (unpaired) electrons. The Bertz CT molecular complexity index is 931. The van der Waals surface area contributed by atoms with E-state index in [2.05, 4.69) is 10.3 Å². The predicted octanol–water partition coefficient (Wildman–Crippen LogP) is 6.09. The van der Waals surface area contributed by atoms with Gasteiger partial charge in [-0.3, -0.25) is 0 Å². The van der Waals surface area contributed by atoms with Gasteiger partial charge in [0.2, 0.25) is 0 Å². The summed E-state index contributed by atoms with van der Waals surface area (Å²) in [5, 5.41) is 2.90. The predicted molar refractivity (Wildman–Crippen MR) is 94.0 cm³/mol. The molecule has 0 saturated carbocycles. The third-order valence-electron chi connectivity index (χ3n) is 3.48. The van der Waals surface area contributed by atoms with Gasteiger partial charge in [-0.05, 0) is 48.5 Å². The maximum absolute atomic E-state index is 14.0. The van der Waals surface area contributed by atoms with Crippen LogP contribution >= 0.6 is 11.6 Å². The zero-order valence-corrected chi connectivity index (χ0v) is 13.9. The molecule has 0 aliphatic carbocycles. The third-order valence-corrected chi connectivity index (χ3v) is 3.74. The number of para-hydroxylation sites is 2. The number of aliphatic imine (C=N–C) groups is 1. The Kier molecular flexibility index (Phi) is 5.23. The van der Waals surface area contributed by atoms with Gasteiger partial charge in [-0.1, -0.05) is 23.7 Å². The summed E-state index contributed by atoms with van der Waals surface area (Å²) in [4.78, 5) is 3.91. The Labute approximate surface area is 151 Å². The van der Waals surface area contributed by atoms with Crippen molar-refractivity contribution < 1.29 is 17.6 Å². The highest BCUT2D eigenvalue weighted by molar-refractivity contribution is 6.30. The number of benzene rings is 3. The van der Waals surface area contributed by atoms with Crippen molar-refractivity contribution in [1.82, 2.24) is 0 Å².